The first-order valence-corrected chi connectivity index (χ1v) is 13.5. The van der Waals surface area contributed by atoms with E-state index < -0.39 is 0 Å². The number of fused-ring (bicyclic) bond motifs is 1. The molecule has 3 N–H and O–H groups in total. The van der Waals surface area contributed by atoms with Crippen LogP contribution in [-0.4, -0.2) is 40.5 Å². The molecule has 0 bridgehead atoms. The van der Waals surface area contributed by atoms with Gasteiger partial charge in [-0.15, -0.1) is 0 Å². The van der Waals surface area contributed by atoms with Crippen molar-refractivity contribution in [3.05, 3.63) is 77.5 Å². The molecule has 4 aromatic rings. The molecular formula is C31H34N4O5. The maximum absolute atomic E-state index is 12.1. The number of esters is 1. The van der Waals surface area contributed by atoms with E-state index in [1.807, 2.05) is 47.9 Å². The van der Waals surface area contributed by atoms with E-state index in [-0.39, 0.29) is 24.8 Å². The molecule has 1 aliphatic rings. The second-order valence-electron chi connectivity index (χ2n) is 9.91. The van der Waals surface area contributed by atoms with Crippen LogP contribution in [0.25, 0.3) is 22.0 Å². The van der Waals surface area contributed by atoms with Crippen molar-refractivity contribution in [1.82, 2.24) is 15.3 Å². The van der Waals surface area contributed by atoms with Gasteiger partial charge in [0.15, 0.2) is 5.84 Å². The Hall–Kier alpha value is -4.37. The molecule has 1 aromatic heterocycles. The minimum atomic E-state index is -0.293. The second-order valence-corrected chi connectivity index (χ2v) is 9.91. The van der Waals surface area contributed by atoms with Crippen molar-refractivity contribution in [2.45, 2.75) is 45.8 Å². The van der Waals surface area contributed by atoms with Gasteiger partial charge in [0.1, 0.15) is 23.8 Å². The summed E-state index contributed by atoms with van der Waals surface area (Å²) in [6.45, 7) is 3.21. The van der Waals surface area contributed by atoms with Crippen molar-refractivity contribution in [2.75, 3.05) is 13.7 Å². The number of aromatic nitrogens is 2. The molecule has 9 nitrogen and oxygen atoms in total. The van der Waals surface area contributed by atoms with Crippen LogP contribution >= 0.6 is 0 Å². The lowest BCUT2D eigenvalue weighted by Crippen LogP contribution is -2.19. The molecule has 1 heterocycles. The number of para-hydroxylation sites is 2. The monoisotopic (exact) mass is 542 g/mol. The van der Waals surface area contributed by atoms with E-state index in [0.717, 1.165) is 39.8 Å². The van der Waals surface area contributed by atoms with Crippen LogP contribution in [0, 0.1) is 11.3 Å². The van der Waals surface area contributed by atoms with Crippen LogP contribution in [-0.2, 0) is 29.1 Å². The van der Waals surface area contributed by atoms with Gasteiger partial charge in [-0.05, 0) is 55.5 Å². The lowest BCUT2D eigenvalue weighted by atomic mass is 9.85. The Labute approximate surface area is 233 Å². The van der Waals surface area contributed by atoms with Crippen LogP contribution in [0.5, 0.6) is 11.5 Å². The Morgan fingerprint density at radius 2 is 1.98 bits per heavy atom. The zero-order valence-corrected chi connectivity index (χ0v) is 22.8. The highest BCUT2D eigenvalue weighted by molar-refractivity contribution is 6.01. The molecule has 3 aromatic carbocycles. The number of benzene rings is 3. The fourth-order valence-corrected chi connectivity index (χ4v) is 5.12. The van der Waals surface area contributed by atoms with Crippen LogP contribution in [0.4, 0.5) is 0 Å². The van der Waals surface area contributed by atoms with Crippen molar-refractivity contribution >= 4 is 22.7 Å². The first-order chi connectivity index (χ1) is 19.5. The Balaban J connectivity index is 1.51. The van der Waals surface area contributed by atoms with E-state index in [1.165, 1.54) is 19.3 Å². The van der Waals surface area contributed by atoms with Crippen molar-refractivity contribution in [3.63, 3.8) is 0 Å². The summed E-state index contributed by atoms with van der Waals surface area (Å²) in [5.41, 5.74) is 6.62. The molecular weight excluding hydrogens is 508 g/mol. The van der Waals surface area contributed by atoms with E-state index in [2.05, 4.69) is 16.8 Å². The Morgan fingerprint density at radius 1 is 1.15 bits per heavy atom. The summed E-state index contributed by atoms with van der Waals surface area (Å²) in [6.07, 6.45) is 3.82. The van der Waals surface area contributed by atoms with Crippen LogP contribution < -0.4 is 15.0 Å². The molecule has 0 radical (unpaired) electrons. The number of nitrogens with one attached hydrogen (secondary N) is 2. The number of methoxy groups -OCH3 is 1. The normalized spacial score (nSPS) is 13.1. The van der Waals surface area contributed by atoms with E-state index >= 15 is 0 Å². The summed E-state index contributed by atoms with van der Waals surface area (Å²) in [5, 5.41) is 23.3. The molecule has 1 saturated carbocycles. The Kier molecular flexibility index (Phi) is 8.31. The lowest BCUT2D eigenvalue weighted by Gasteiger charge is -2.25. The predicted molar refractivity (Wildman–Crippen MR) is 152 cm³/mol. The summed E-state index contributed by atoms with van der Waals surface area (Å²) in [6, 6.07) is 19.1. The number of carbonyl (C=O) groups is 1. The summed E-state index contributed by atoms with van der Waals surface area (Å²) >= 11 is 0. The molecule has 40 heavy (non-hydrogen) atoms. The highest BCUT2D eigenvalue weighted by Gasteiger charge is 2.22. The highest BCUT2D eigenvalue weighted by atomic mass is 16.5. The second kappa shape index (κ2) is 12.2. The third kappa shape index (κ3) is 5.65. The SMILES string of the molecule is CCOC(=O)Cc1ccccc1OCc1nn(CC2CCC2)c2ccc(-c3cccc(C(=N)NO)c3OC)cc12. The van der Waals surface area contributed by atoms with E-state index in [1.54, 1.807) is 20.1 Å². The van der Waals surface area contributed by atoms with E-state index in [4.69, 9.17) is 24.7 Å². The molecule has 0 amide bonds. The lowest BCUT2D eigenvalue weighted by molar-refractivity contribution is -0.142. The van der Waals surface area contributed by atoms with Gasteiger partial charge in [0, 0.05) is 23.1 Å². The number of hydrogen-bond acceptors (Lipinski definition) is 7. The third-order valence-corrected chi connectivity index (χ3v) is 7.37. The van der Waals surface area contributed by atoms with Crippen molar-refractivity contribution in [2.24, 2.45) is 5.92 Å². The molecule has 0 spiro atoms. The molecule has 0 atom stereocenters. The number of rotatable bonds is 11. The van der Waals surface area contributed by atoms with E-state index in [9.17, 15) is 10.0 Å². The fraction of sp³-hybridized carbons (Fsp3) is 0.323. The molecule has 1 aliphatic carbocycles. The van der Waals surface area contributed by atoms with Crippen LogP contribution in [0.1, 0.15) is 43.0 Å². The van der Waals surface area contributed by atoms with Crippen LogP contribution in [0.2, 0.25) is 0 Å². The summed E-state index contributed by atoms with van der Waals surface area (Å²) in [4.78, 5) is 12.1. The van der Waals surface area contributed by atoms with Gasteiger partial charge in [-0.25, -0.2) is 0 Å². The minimum Gasteiger partial charge on any atom is -0.495 e. The van der Waals surface area contributed by atoms with Crippen molar-refractivity contribution < 1.29 is 24.2 Å². The molecule has 1 fully saturated rings. The number of hydroxylamine groups is 1. The van der Waals surface area contributed by atoms with Gasteiger partial charge in [-0.3, -0.25) is 25.6 Å². The van der Waals surface area contributed by atoms with Gasteiger partial charge >= 0.3 is 5.97 Å². The van der Waals surface area contributed by atoms with Gasteiger partial charge in [0.2, 0.25) is 0 Å². The Morgan fingerprint density at radius 3 is 2.70 bits per heavy atom. The standard InChI is InChI=1S/C31H34N4O5/c1-3-39-29(36)17-22-10-4-5-13-28(22)40-19-26-25-16-21(14-15-27(25)35(33-26)18-20-8-6-9-20)23-11-7-12-24(30(23)38-2)31(32)34-37/h4-5,7,10-16,20,37H,3,6,8-9,17-19H2,1-2H3,(H2,32,34). The van der Waals surface area contributed by atoms with Gasteiger partial charge < -0.3 is 14.2 Å². The van der Waals surface area contributed by atoms with Crippen LogP contribution in [0.15, 0.2) is 60.7 Å². The van der Waals surface area contributed by atoms with Gasteiger partial charge in [-0.2, -0.15) is 5.10 Å². The fourth-order valence-electron chi connectivity index (χ4n) is 5.12. The first kappa shape index (κ1) is 27.2. The Bertz CT molecular complexity index is 1530. The molecule has 0 unspecified atom stereocenters. The molecule has 208 valence electrons. The number of ether oxygens (including phenoxy) is 3. The minimum absolute atomic E-state index is 0.138. The van der Waals surface area contributed by atoms with Crippen molar-refractivity contribution in [1.29, 1.82) is 5.41 Å². The maximum atomic E-state index is 12.1. The number of hydrogen-bond donors (Lipinski definition) is 3. The summed E-state index contributed by atoms with van der Waals surface area (Å²) < 4.78 is 19.1. The topological polar surface area (TPSA) is 119 Å². The number of nitrogens with zero attached hydrogens (tertiary/aromatic N) is 2. The number of amidine groups is 1. The molecule has 9 heteroatoms. The predicted octanol–water partition coefficient (Wildman–Crippen LogP) is 5.50. The van der Waals surface area contributed by atoms with E-state index in [0.29, 0.717) is 29.6 Å². The van der Waals surface area contributed by atoms with Gasteiger partial charge in [-0.1, -0.05) is 42.8 Å². The highest BCUT2D eigenvalue weighted by Crippen LogP contribution is 2.36. The first-order valence-electron chi connectivity index (χ1n) is 13.5. The summed E-state index contributed by atoms with van der Waals surface area (Å²) in [5.74, 6) is 1.29. The average molecular weight is 543 g/mol. The average Bonchev–Trinajstić information content (AvgIpc) is 3.30. The van der Waals surface area contributed by atoms with Crippen molar-refractivity contribution in [3.8, 4) is 22.6 Å². The van der Waals surface area contributed by atoms with Gasteiger partial charge in [0.05, 0.1) is 31.2 Å². The zero-order valence-electron chi connectivity index (χ0n) is 22.8. The third-order valence-electron chi connectivity index (χ3n) is 7.37. The summed E-state index contributed by atoms with van der Waals surface area (Å²) in [7, 11) is 1.55. The molecule has 0 saturated heterocycles. The molecule has 5 rings (SSSR count). The van der Waals surface area contributed by atoms with Crippen LogP contribution in [0.3, 0.4) is 0 Å². The van der Waals surface area contributed by atoms with Gasteiger partial charge in [0.25, 0.3) is 0 Å². The largest absolute Gasteiger partial charge is 0.495 e. The molecule has 0 aliphatic heterocycles. The quantitative estimate of drug-likeness (QED) is 0.0991. The smallest absolute Gasteiger partial charge is 0.310 e. The maximum Gasteiger partial charge on any atom is 0.310 e. The number of carbonyl (C=O) groups excluding carboxylic acids is 1. The zero-order chi connectivity index (χ0) is 28.1.